The highest BCUT2D eigenvalue weighted by molar-refractivity contribution is 6.30. The number of rotatable bonds is 6. The lowest BCUT2D eigenvalue weighted by atomic mass is 9.71. The van der Waals surface area contributed by atoms with Crippen molar-refractivity contribution in [2.24, 2.45) is 11.3 Å². The molecule has 0 aliphatic heterocycles. The van der Waals surface area contributed by atoms with Crippen LogP contribution in [0.3, 0.4) is 0 Å². The van der Waals surface area contributed by atoms with Gasteiger partial charge in [-0.25, -0.2) is 9.18 Å². The van der Waals surface area contributed by atoms with Crippen LogP contribution in [0.2, 0.25) is 5.02 Å². The Morgan fingerprint density at radius 1 is 1.38 bits per heavy atom. The van der Waals surface area contributed by atoms with Gasteiger partial charge in [0.1, 0.15) is 5.82 Å². The standard InChI is InChI=1S/C20H26ClFO4/c1-4-25-19(24)18(14-7-8-16(22)15(21)11-14)26-17(23)10-13-6-5-9-20(2,3)12-13/h7-8,11,13,18H,4-6,9-10,12H2,1-3H3. The van der Waals surface area contributed by atoms with Crippen molar-refractivity contribution in [2.75, 3.05) is 6.61 Å². The van der Waals surface area contributed by atoms with E-state index in [1.165, 1.54) is 12.1 Å². The molecule has 0 amide bonds. The average Bonchev–Trinajstić information content (AvgIpc) is 2.54. The van der Waals surface area contributed by atoms with Gasteiger partial charge in [-0.15, -0.1) is 0 Å². The van der Waals surface area contributed by atoms with E-state index in [2.05, 4.69) is 13.8 Å². The van der Waals surface area contributed by atoms with E-state index in [0.29, 0.717) is 5.56 Å². The molecule has 0 saturated heterocycles. The minimum Gasteiger partial charge on any atom is -0.463 e. The van der Waals surface area contributed by atoms with Crippen LogP contribution in [-0.4, -0.2) is 18.5 Å². The predicted molar refractivity (Wildman–Crippen MR) is 97.2 cm³/mol. The topological polar surface area (TPSA) is 52.6 Å². The molecular weight excluding hydrogens is 359 g/mol. The van der Waals surface area contributed by atoms with Crippen LogP contribution in [0.25, 0.3) is 0 Å². The molecule has 0 heterocycles. The Morgan fingerprint density at radius 3 is 2.73 bits per heavy atom. The van der Waals surface area contributed by atoms with Crippen LogP contribution in [0.5, 0.6) is 0 Å². The molecule has 0 spiro atoms. The van der Waals surface area contributed by atoms with Crippen LogP contribution < -0.4 is 0 Å². The highest BCUT2D eigenvalue weighted by Crippen LogP contribution is 2.40. The summed E-state index contributed by atoms with van der Waals surface area (Å²) in [5.74, 6) is -1.50. The van der Waals surface area contributed by atoms with Gasteiger partial charge in [0.2, 0.25) is 6.10 Å². The second-order valence-corrected chi connectivity index (χ2v) is 8.03. The van der Waals surface area contributed by atoms with Crippen molar-refractivity contribution < 1.29 is 23.5 Å². The lowest BCUT2D eigenvalue weighted by Crippen LogP contribution is -2.27. The molecule has 2 unspecified atom stereocenters. The van der Waals surface area contributed by atoms with E-state index in [-0.39, 0.29) is 29.4 Å². The fourth-order valence-corrected chi connectivity index (χ4v) is 3.78. The summed E-state index contributed by atoms with van der Waals surface area (Å²) in [6, 6.07) is 3.80. The van der Waals surface area contributed by atoms with E-state index in [1.807, 2.05) is 0 Å². The Hall–Kier alpha value is -1.62. The molecule has 0 aromatic heterocycles. The van der Waals surface area contributed by atoms with Crippen LogP contribution in [0.15, 0.2) is 18.2 Å². The molecule has 0 N–H and O–H groups in total. The van der Waals surface area contributed by atoms with E-state index in [9.17, 15) is 14.0 Å². The van der Waals surface area contributed by atoms with E-state index in [1.54, 1.807) is 6.92 Å². The number of hydrogen-bond donors (Lipinski definition) is 0. The summed E-state index contributed by atoms with van der Waals surface area (Å²) in [5, 5.41) is -0.137. The van der Waals surface area contributed by atoms with Crippen LogP contribution >= 0.6 is 11.6 Å². The summed E-state index contributed by atoms with van der Waals surface area (Å²) < 4.78 is 23.8. The molecule has 26 heavy (non-hydrogen) atoms. The van der Waals surface area contributed by atoms with Crippen LogP contribution in [0, 0.1) is 17.2 Å². The summed E-state index contributed by atoms with van der Waals surface area (Å²) in [4.78, 5) is 24.7. The normalized spacial score (nSPS) is 20.3. The zero-order valence-electron chi connectivity index (χ0n) is 15.5. The van der Waals surface area contributed by atoms with Gasteiger partial charge in [-0.1, -0.05) is 37.9 Å². The number of benzene rings is 1. The second-order valence-electron chi connectivity index (χ2n) is 7.63. The highest BCUT2D eigenvalue weighted by Gasteiger charge is 2.32. The van der Waals surface area contributed by atoms with Crippen LogP contribution in [0.4, 0.5) is 4.39 Å². The predicted octanol–water partition coefficient (Wildman–Crippen LogP) is 5.23. The van der Waals surface area contributed by atoms with Crippen molar-refractivity contribution in [1.82, 2.24) is 0 Å². The summed E-state index contributed by atoms with van der Waals surface area (Å²) in [5.41, 5.74) is 0.515. The monoisotopic (exact) mass is 384 g/mol. The first kappa shape index (κ1) is 20.7. The van der Waals surface area contributed by atoms with Crippen molar-refractivity contribution in [3.05, 3.63) is 34.6 Å². The molecular formula is C20H26ClFO4. The van der Waals surface area contributed by atoms with E-state index >= 15 is 0 Å². The average molecular weight is 385 g/mol. The summed E-state index contributed by atoms with van der Waals surface area (Å²) in [6.07, 6.45) is 3.18. The molecule has 4 nitrogen and oxygen atoms in total. The minimum absolute atomic E-state index is 0.137. The van der Waals surface area contributed by atoms with Gasteiger partial charge in [-0.3, -0.25) is 4.79 Å². The zero-order chi connectivity index (χ0) is 19.3. The Bertz CT molecular complexity index is 659. The Balaban J connectivity index is 2.09. The second kappa shape index (κ2) is 8.85. The molecule has 1 aliphatic carbocycles. The van der Waals surface area contributed by atoms with Gasteiger partial charge < -0.3 is 9.47 Å². The smallest absolute Gasteiger partial charge is 0.352 e. The quantitative estimate of drug-likeness (QED) is 0.630. The van der Waals surface area contributed by atoms with Crippen molar-refractivity contribution in [2.45, 2.75) is 59.0 Å². The number of esters is 2. The third kappa shape index (κ3) is 5.70. The van der Waals surface area contributed by atoms with E-state index in [4.69, 9.17) is 21.1 Å². The molecule has 1 fully saturated rings. The maximum absolute atomic E-state index is 13.4. The minimum atomic E-state index is -1.24. The molecule has 1 aromatic rings. The Kier molecular flexibility index (Phi) is 7.04. The number of carbonyl (C=O) groups excluding carboxylic acids is 2. The fourth-order valence-electron chi connectivity index (χ4n) is 3.59. The SMILES string of the molecule is CCOC(=O)C(OC(=O)CC1CCCC(C)(C)C1)c1ccc(F)c(Cl)c1. The van der Waals surface area contributed by atoms with E-state index in [0.717, 1.165) is 31.7 Å². The largest absolute Gasteiger partial charge is 0.463 e. The number of halogens is 2. The third-order valence-electron chi connectivity index (χ3n) is 4.76. The zero-order valence-corrected chi connectivity index (χ0v) is 16.3. The molecule has 6 heteroatoms. The maximum atomic E-state index is 13.4. The first-order valence-electron chi connectivity index (χ1n) is 9.03. The van der Waals surface area contributed by atoms with Gasteiger partial charge in [-0.05, 0) is 49.7 Å². The number of ether oxygens (including phenoxy) is 2. The van der Waals surface area contributed by atoms with Gasteiger partial charge in [0.15, 0.2) is 0 Å². The molecule has 2 rings (SSSR count). The molecule has 1 aromatic carbocycles. The first-order chi connectivity index (χ1) is 12.2. The number of hydrogen-bond acceptors (Lipinski definition) is 4. The van der Waals surface area contributed by atoms with Gasteiger partial charge in [0.05, 0.1) is 11.6 Å². The molecule has 144 valence electrons. The van der Waals surface area contributed by atoms with E-state index < -0.39 is 23.9 Å². The molecule has 1 aliphatic rings. The van der Waals surface area contributed by atoms with Gasteiger partial charge in [0, 0.05) is 12.0 Å². The third-order valence-corrected chi connectivity index (χ3v) is 5.05. The Labute approximate surface area is 159 Å². The maximum Gasteiger partial charge on any atom is 0.352 e. The summed E-state index contributed by atoms with van der Waals surface area (Å²) in [7, 11) is 0. The van der Waals surface area contributed by atoms with Gasteiger partial charge in [-0.2, -0.15) is 0 Å². The number of carbonyl (C=O) groups is 2. The van der Waals surface area contributed by atoms with Crippen LogP contribution in [0.1, 0.15) is 64.5 Å². The summed E-state index contributed by atoms with van der Waals surface area (Å²) >= 11 is 5.80. The molecule has 2 atom stereocenters. The van der Waals surface area contributed by atoms with Crippen molar-refractivity contribution in [1.29, 1.82) is 0 Å². The fraction of sp³-hybridized carbons (Fsp3) is 0.600. The molecule has 0 bridgehead atoms. The highest BCUT2D eigenvalue weighted by atomic mass is 35.5. The Morgan fingerprint density at radius 2 is 2.12 bits per heavy atom. The lowest BCUT2D eigenvalue weighted by Gasteiger charge is -2.34. The van der Waals surface area contributed by atoms with Crippen molar-refractivity contribution in [3.8, 4) is 0 Å². The molecule has 1 saturated carbocycles. The van der Waals surface area contributed by atoms with Crippen molar-refractivity contribution >= 4 is 23.5 Å². The molecule has 0 radical (unpaired) electrons. The van der Waals surface area contributed by atoms with Crippen molar-refractivity contribution in [3.63, 3.8) is 0 Å². The summed E-state index contributed by atoms with van der Waals surface area (Å²) in [6.45, 7) is 6.22. The first-order valence-corrected chi connectivity index (χ1v) is 9.40. The van der Waals surface area contributed by atoms with Gasteiger partial charge >= 0.3 is 11.9 Å². The lowest BCUT2D eigenvalue weighted by molar-refractivity contribution is -0.169. The van der Waals surface area contributed by atoms with Crippen LogP contribution in [-0.2, 0) is 19.1 Å². The van der Waals surface area contributed by atoms with Gasteiger partial charge in [0.25, 0.3) is 0 Å².